The van der Waals surface area contributed by atoms with Gasteiger partial charge in [0, 0.05) is 0 Å². The normalized spacial score (nSPS) is 19.7. The minimum absolute atomic E-state index is 0.236. The van der Waals surface area contributed by atoms with E-state index in [-0.39, 0.29) is 6.17 Å². The van der Waals surface area contributed by atoms with Crippen LogP contribution in [-0.4, -0.2) is 31.2 Å². The number of aliphatic imine (C=N–C) groups is 2. The number of hydrazone groups is 1. The van der Waals surface area contributed by atoms with Gasteiger partial charge in [0.2, 0.25) is 5.96 Å². The Hall–Kier alpha value is -2.71. The summed E-state index contributed by atoms with van der Waals surface area (Å²) >= 11 is 6.91. The Labute approximate surface area is 180 Å². The Balaban J connectivity index is 1.77. The van der Waals surface area contributed by atoms with Gasteiger partial charge in [0.1, 0.15) is 0 Å². The van der Waals surface area contributed by atoms with E-state index in [2.05, 4.69) is 48.7 Å². The summed E-state index contributed by atoms with van der Waals surface area (Å²) in [6.07, 6.45) is -0.236. The molecule has 0 amide bonds. The Morgan fingerprint density at radius 1 is 1.14 bits per heavy atom. The average molecular weight is 423 g/mol. The van der Waals surface area contributed by atoms with Crippen molar-refractivity contribution in [3.8, 4) is 0 Å². The molecule has 0 aromatic heterocycles. The van der Waals surface area contributed by atoms with Crippen LogP contribution in [0.4, 0.5) is 0 Å². The molecule has 2 aromatic rings. The van der Waals surface area contributed by atoms with Crippen molar-refractivity contribution in [3.63, 3.8) is 0 Å². The fraction of sp³-hybridized carbons (Fsp3) is 0.238. The number of rotatable bonds is 4. The van der Waals surface area contributed by atoms with Gasteiger partial charge in [0.05, 0.1) is 16.6 Å². The smallest absolute Gasteiger partial charge is 0.244 e. The number of nitrogens with one attached hydrogen (secondary N) is 1. The summed E-state index contributed by atoms with van der Waals surface area (Å²) in [5, 5.41) is 10.3. The quantitative estimate of drug-likeness (QED) is 0.738. The van der Waals surface area contributed by atoms with Crippen molar-refractivity contribution < 1.29 is 0 Å². The molecule has 2 aliphatic rings. The Kier molecular flexibility index (Phi) is 5.64. The first-order valence-electron chi connectivity index (χ1n) is 9.33. The molecular formula is C21H22N6S2. The lowest BCUT2D eigenvalue weighted by atomic mass is 10.1. The van der Waals surface area contributed by atoms with Gasteiger partial charge in [0.25, 0.3) is 0 Å². The van der Waals surface area contributed by atoms with Crippen LogP contribution >= 0.6 is 24.0 Å². The van der Waals surface area contributed by atoms with E-state index in [9.17, 15) is 0 Å². The summed E-state index contributed by atoms with van der Waals surface area (Å²) < 4.78 is 0. The van der Waals surface area contributed by atoms with Crippen LogP contribution in [0.2, 0.25) is 0 Å². The van der Waals surface area contributed by atoms with Crippen LogP contribution < -0.4 is 5.43 Å². The predicted molar refractivity (Wildman–Crippen MR) is 125 cm³/mol. The first-order valence-corrected chi connectivity index (χ1v) is 10.6. The van der Waals surface area contributed by atoms with Crippen molar-refractivity contribution in [2.75, 3.05) is 0 Å². The van der Waals surface area contributed by atoms with Crippen LogP contribution in [0.25, 0.3) is 0 Å². The van der Waals surface area contributed by atoms with E-state index in [4.69, 9.17) is 27.3 Å². The lowest BCUT2D eigenvalue weighted by molar-refractivity contribution is 0.135. The molecule has 0 fully saturated rings. The van der Waals surface area contributed by atoms with Gasteiger partial charge >= 0.3 is 0 Å². The topological polar surface area (TPSA) is 55.6 Å². The number of nitrogens with zero attached hydrogens (tertiary/aromatic N) is 5. The molecule has 4 rings (SSSR count). The van der Waals surface area contributed by atoms with Crippen LogP contribution in [0.15, 0.2) is 69.7 Å². The molecule has 1 atom stereocenters. The van der Waals surface area contributed by atoms with Crippen molar-refractivity contribution in [1.29, 1.82) is 0 Å². The van der Waals surface area contributed by atoms with Crippen molar-refractivity contribution in [2.45, 2.75) is 33.5 Å². The molecule has 8 heteroatoms. The molecule has 0 spiro atoms. The fourth-order valence-corrected chi connectivity index (χ4v) is 4.00. The Morgan fingerprint density at radius 2 is 1.86 bits per heavy atom. The van der Waals surface area contributed by atoms with Crippen LogP contribution in [-0.2, 0) is 6.54 Å². The van der Waals surface area contributed by atoms with Gasteiger partial charge in [-0.25, -0.2) is 15.0 Å². The summed E-state index contributed by atoms with van der Waals surface area (Å²) in [5.74, 6) is 0.590. The number of benzene rings is 2. The van der Waals surface area contributed by atoms with Crippen LogP contribution in [0.3, 0.4) is 0 Å². The zero-order chi connectivity index (χ0) is 20.4. The summed E-state index contributed by atoms with van der Waals surface area (Å²) in [5.41, 5.74) is 6.68. The molecule has 0 radical (unpaired) electrons. The van der Waals surface area contributed by atoms with E-state index in [1.165, 1.54) is 5.56 Å². The summed E-state index contributed by atoms with van der Waals surface area (Å²) in [7, 11) is 0. The van der Waals surface area contributed by atoms with Crippen molar-refractivity contribution in [3.05, 3.63) is 71.3 Å². The molecule has 0 saturated carbocycles. The molecule has 0 saturated heterocycles. The molecule has 2 aliphatic heterocycles. The number of fused-ring (bicyclic) bond motifs is 1. The maximum Gasteiger partial charge on any atom is 0.244 e. The van der Waals surface area contributed by atoms with Crippen LogP contribution in [0.1, 0.15) is 36.7 Å². The lowest BCUT2D eigenvalue weighted by Gasteiger charge is -2.40. The molecule has 1 unspecified atom stereocenters. The fourth-order valence-electron chi connectivity index (χ4n) is 3.15. The number of thiocarbonyl (C=S) groups is 1. The largest absolute Gasteiger partial charge is 0.287 e. The number of hydrazine groups is 1. The SMILES string of the molecule is CC(=S)NN1C(=NCc2ccccc2)N=C2SC(C)=NN2C1c1ccc(C)cc1. The number of hydrogen-bond acceptors (Lipinski definition) is 5. The highest BCUT2D eigenvalue weighted by Crippen LogP contribution is 2.36. The zero-order valence-corrected chi connectivity index (χ0v) is 18.2. The van der Waals surface area contributed by atoms with E-state index >= 15 is 0 Å². The van der Waals surface area contributed by atoms with E-state index in [1.807, 2.05) is 42.1 Å². The minimum Gasteiger partial charge on any atom is -0.287 e. The van der Waals surface area contributed by atoms with Crippen LogP contribution in [0, 0.1) is 6.92 Å². The second-order valence-electron chi connectivity index (χ2n) is 6.88. The van der Waals surface area contributed by atoms with E-state index < -0.39 is 0 Å². The summed E-state index contributed by atoms with van der Waals surface area (Å²) in [4.78, 5) is 10.2. The first-order chi connectivity index (χ1) is 14.0. The van der Waals surface area contributed by atoms with E-state index in [1.54, 1.807) is 11.8 Å². The highest BCUT2D eigenvalue weighted by atomic mass is 32.2. The van der Waals surface area contributed by atoms with Gasteiger partial charge in [0.15, 0.2) is 11.3 Å². The summed E-state index contributed by atoms with van der Waals surface area (Å²) in [6.45, 7) is 6.45. The number of hydrogen-bond donors (Lipinski definition) is 1. The van der Waals surface area contributed by atoms with Gasteiger partial charge in [-0.15, -0.1) is 0 Å². The number of thioether (sulfide) groups is 1. The molecule has 148 valence electrons. The molecule has 0 bridgehead atoms. The summed E-state index contributed by atoms with van der Waals surface area (Å²) in [6, 6.07) is 18.6. The van der Waals surface area contributed by atoms with Gasteiger partial charge in [-0.2, -0.15) is 10.1 Å². The Bertz CT molecular complexity index is 998. The molecule has 0 aliphatic carbocycles. The molecule has 2 aromatic carbocycles. The zero-order valence-electron chi connectivity index (χ0n) is 16.5. The van der Waals surface area contributed by atoms with Crippen LogP contribution in [0.5, 0.6) is 0 Å². The molecule has 1 N–H and O–H groups in total. The van der Waals surface area contributed by atoms with Gasteiger partial charge in [-0.1, -0.05) is 72.4 Å². The third-order valence-electron chi connectivity index (χ3n) is 4.47. The second kappa shape index (κ2) is 8.34. The predicted octanol–water partition coefficient (Wildman–Crippen LogP) is 4.46. The maximum absolute atomic E-state index is 5.36. The van der Waals surface area contributed by atoms with Crippen molar-refractivity contribution in [2.24, 2.45) is 15.1 Å². The highest BCUT2D eigenvalue weighted by molar-refractivity contribution is 8.26. The van der Waals surface area contributed by atoms with Crippen molar-refractivity contribution in [1.82, 2.24) is 15.4 Å². The number of amidine groups is 1. The van der Waals surface area contributed by atoms with Gasteiger partial charge in [-0.3, -0.25) is 5.43 Å². The van der Waals surface area contributed by atoms with Gasteiger partial charge < -0.3 is 0 Å². The standard InChI is InChI=1S/C21H22N6S2/c1-14-9-11-18(12-10-14)19-26(24-15(2)28)20(22-13-17-7-5-4-6-8-17)23-21-27(19)25-16(3)29-21/h4-12,19H,13H2,1-3H3,(H,24,28). The van der Waals surface area contributed by atoms with Crippen molar-refractivity contribution >= 4 is 45.1 Å². The maximum atomic E-state index is 5.36. The van der Waals surface area contributed by atoms with E-state index in [0.29, 0.717) is 17.5 Å². The van der Waals surface area contributed by atoms with Gasteiger partial charge in [-0.05, 0) is 43.7 Å². The number of guanidine groups is 1. The molecule has 6 nitrogen and oxygen atoms in total. The molecule has 29 heavy (non-hydrogen) atoms. The Morgan fingerprint density at radius 3 is 2.55 bits per heavy atom. The third-order valence-corrected chi connectivity index (χ3v) is 5.40. The average Bonchev–Trinajstić information content (AvgIpc) is 3.07. The number of aryl methyl sites for hydroxylation is 1. The van der Waals surface area contributed by atoms with E-state index in [0.717, 1.165) is 21.3 Å². The second-order valence-corrected chi connectivity index (χ2v) is 8.66. The third kappa shape index (κ3) is 4.33. The molecular weight excluding hydrogens is 400 g/mol. The first kappa shape index (κ1) is 19.6. The lowest BCUT2D eigenvalue weighted by Crippen LogP contribution is -2.54. The monoisotopic (exact) mass is 422 g/mol. The molecule has 2 heterocycles. The highest BCUT2D eigenvalue weighted by Gasteiger charge is 2.40. The minimum atomic E-state index is -0.236.